The van der Waals surface area contributed by atoms with Crippen molar-refractivity contribution in [2.45, 2.75) is 19.4 Å². The van der Waals surface area contributed by atoms with Crippen LogP contribution in [0.1, 0.15) is 28.8 Å². The van der Waals surface area contributed by atoms with Crippen LogP contribution >= 0.6 is 11.6 Å². The van der Waals surface area contributed by atoms with E-state index in [9.17, 15) is 19.7 Å². The number of nitro groups is 1. The van der Waals surface area contributed by atoms with Gasteiger partial charge in [-0.1, -0.05) is 23.7 Å². The summed E-state index contributed by atoms with van der Waals surface area (Å²) in [5, 5.41) is 13.6. The molecular weight excluding hydrogens is 358 g/mol. The summed E-state index contributed by atoms with van der Waals surface area (Å²) < 4.78 is 0. The van der Waals surface area contributed by atoms with Gasteiger partial charge < -0.3 is 10.2 Å². The molecule has 1 aliphatic rings. The first-order valence-corrected chi connectivity index (χ1v) is 8.45. The summed E-state index contributed by atoms with van der Waals surface area (Å²) in [5.74, 6) is -0.307. The Balaban J connectivity index is 1.63. The normalized spacial score (nSPS) is 13.7. The van der Waals surface area contributed by atoms with E-state index in [-0.39, 0.29) is 28.7 Å². The van der Waals surface area contributed by atoms with Gasteiger partial charge in [-0.05, 0) is 36.2 Å². The number of benzene rings is 2. The van der Waals surface area contributed by atoms with Crippen molar-refractivity contribution in [1.29, 1.82) is 0 Å². The molecule has 134 valence electrons. The van der Waals surface area contributed by atoms with Gasteiger partial charge in [0.25, 0.3) is 11.6 Å². The molecule has 0 aliphatic carbocycles. The zero-order valence-corrected chi connectivity index (χ0v) is 14.5. The van der Waals surface area contributed by atoms with Crippen molar-refractivity contribution in [3.8, 4) is 0 Å². The summed E-state index contributed by atoms with van der Waals surface area (Å²) in [6.07, 6.45) is 1.44. The third kappa shape index (κ3) is 3.83. The molecule has 0 saturated carbocycles. The summed E-state index contributed by atoms with van der Waals surface area (Å²) in [6, 6.07) is 11.3. The van der Waals surface area contributed by atoms with Gasteiger partial charge in [-0.15, -0.1) is 0 Å². The molecule has 2 aromatic rings. The number of hydrogen-bond donors (Lipinski definition) is 1. The van der Waals surface area contributed by atoms with Crippen molar-refractivity contribution in [2.24, 2.45) is 0 Å². The minimum atomic E-state index is -0.627. The number of carbonyl (C=O) groups is 2. The Morgan fingerprint density at radius 3 is 2.58 bits per heavy atom. The predicted octanol–water partition coefficient (Wildman–Crippen LogP) is 3.31. The highest BCUT2D eigenvalue weighted by atomic mass is 35.5. The number of hydrogen-bond acceptors (Lipinski definition) is 4. The molecule has 1 N–H and O–H groups in total. The van der Waals surface area contributed by atoms with Crippen molar-refractivity contribution in [1.82, 2.24) is 5.32 Å². The van der Waals surface area contributed by atoms with Crippen LogP contribution in [0.15, 0.2) is 42.5 Å². The van der Waals surface area contributed by atoms with Gasteiger partial charge in [0.1, 0.15) is 5.02 Å². The highest BCUT2D eigenvalue weighted by Crippen LogP contribution is 2.25. The molecule has 0 bridgehead atoms. The first-order chi connectivity index (χ1) is 12.5. The van der Waals surface area contributed by atoms with E-state index in [0.29, 0.717) is 6.42 Å². The molecule has 1 aliphatic heterocycles. The third-order valence-electron chi connectivity index (χ3n) is 4.18. The Bertz CT molecular complexity index is 867. The van der Waals surface area contributed by atoms with E-state index < -0.39 is 10.8 Å². The van der Waals surface area contributed by atoms with Crippen LogP contribution in [0.4, 0.5) is 11.4 Å². The van der Waals surface area contributed by atoms with Gasteiger partial charge in [-0.3, -0.25) is 19.7 Å². The SMILES string of the molecule is O=C(NCc1ccc(N2CCCC2=O)cc1)c1ccc(Cl)c([N+](=O)[O-])c1. The van der Waals surface area contributed by atoms with Crippen molar-refractivity contribution in [2.75, 3.05) is 11.4 Å². The predicted molar refractivity (Wildman–Crippen MR) is 97.3 cm³/mol. The van der Waals surface area contributed by atoms with Gasteiger partial charge in [0.2, 0.25) is 5.91 Å². The lowest BCUT2D eigenvalue weighted by molar-refractivity contribution is -0.384. The van der Waals surface area contributed by atoms with Crippen molar-refractivity contribution >= 4 is 34.8 Å². The molecule has 2 amide bonds. The zero-order valence-electron chi connectivity index (χ0n) is 13.8. The molecule has 0 unspecified atom stereocenters. The second kappa shape index (κ2) is 7.53. The Kier molecular flexibility index (Phi) is 5.18. The van der Waals surface area contributed by atoms with Crippen molar-refractivity contribution in [3.05, 3.63) is 68.7 Å². The average Bonchev–Trinajstić information content (AvgIpc) is 3.06. The minimum absolute atomic E-state index is 0.0152. The second-order valence-electron chi connectivity index (χ2n) is 5.92. The lowest BCUT2D eigenvalue weighted by Crippen LogP contribution is -2.24. The molecular formula is C18H16ClN3O4. The fraction of sp³-hybridized carbons (Fsp3) is 0.222. The lowest BCUT2D eigenvalue weighted by atomic mass is 10.1. The zero-order chi connectivity index (χ0) is 18.7. The van der Waals surface area contributed by atoms with Gasteiger partial charge in [0, 0.05) is 36.8 Å². The largest absolute Gasteiger partial charge is 0.348 e. The maximum absolute atomic E-state index is 12.2. The first-order valence-electron chi connectivity index (χ1n) is 8.07. The van der Waals surface area contributed by atoms with Crippen molar-refractivity contribution < 1.29 is 14.5 Å². The van der Waals surface area contributed by atoms with Crippen molar-refractivity contribution in [3.63, 3.8) is 0 Å². The highest BCUT2D eigenvalue weighted by Gasteiger charge is 2.21. The van der Waals surface area contributed by atoms with Crippen LogP contribution in [-0.4, -0.2) is 23.3 Å². The quantitative estimate of drug-likeness (QED) is 0.642. The molecule has 1 fully saturated rings. The maximum Gasteiger partial charge on any atom is 0.288 e. The fourth-order valence-electron chi connectivity index (χ4n) is 2.79. The van der Waals surface area contributed by atoms with E-state index in [2.05, 4.69) is 5.32 Å². The summed E-state index contributed by atoms with van der Waals surface area (Å²) in [4.78, 5) is 36.0. The lowest BCUT2D eigenvalue weighted by Gasteiger charge is -2.16. The molecule has 3 rings (SSSR count). The smallest absolute Gasteiger partial charge is 0.288 e. The summed E-state index contributed by atoms with van der Waals surface area (Å²) in [6.45, 7) is 0.994. The molecule has 1 heterocycles. The molecule has 1 saturated heterocycles. The van der Waals surface area contributed by atoms with E-state index in [4.69, 9.17) is 11.6 Å². The number of nitro benzene ring substituents is 1. The number of halogens is 1. The summed E-state index contributed by atoms with van der Waals surface area (Å²) in [5.41, 5.74) is 1.56. The monoisotopic (exact) mass is 373 g/mol. The van der Waals surface area contributed by atoms with Gasteiger partial charge in [-0.2, -0.15) is 0 Å². The maximum atomic E-state index is 12.2. The van der Waals surface area contributed by atoms with E-state index in [1.54, 1.807) is 4.90 Å². The molecule has 0 aromatic heterocycles. The number of anilines is 1. The Morgan fingerprint density at radius 2 is 1.96 bits per heavy atom. The number of rotatable bonds is 5. The average molecular weight is 374 g/mol. The number of amides is 2. The molecule has 8 heteroatoms. The minimum Gasteiger partial charge on any atom is -0.348 e. The van der Waals surface area contributed by atoms with Gasteiger partial charge in [0.15, 0.2) is 0 Å². The van der Waals surface area contributed by atoms with Gasteiger partial charge in [0.05, 0.1) is 4.92 Å². The fourth-order valence-corrected chi connectivity index (χ4v) is 2.98. The van der Waals surface area contributed by atoms with E-state index in [1.165, 1.54) is 12.1 Å². The van der Waals surface area contributed by atoms with Crippen LogP contribution < -0.4 is 10.2 Å². The number of carbonyl (C=O) groups excluding carboxylic acids is 2. The summed E-state index contributed by atoms with van der Waals surface area (Å²) in [7, 11) is 0. The number of nitrogens with one attached hydrogen (secondary N) is 1. The van der Waals surface area contributed by atoms with Gasteiger partial charge >= 0.3 is 0 Å². The van der Waals surface area contributed by atoms with Crippen LogP contribution in [-0.2, 0) is 11.3 Å². The van der Waals surface area contributed by atoms with E-state index >= 15 is 0 Å². The molecule has 26 heavy (non-hydrogen) atoms. The molecule has 0 atom stereocenters. The Morgan fingerprint density at radius 1 is 1.23 bits per heavy atom. The summed E-state index contributed by atoms with van der Waals surface area (Å²) >= 11 is 5.75. The third-order valence-corrected chi connectivity index (χ3v) is 4.50. The van der Waals surface area contributed by atoms with Crippen LogP contribution in [0.2, 0.25) is 5.02 Å². The molecule has 7 nitrogen and oxygen atoms in total. The highest BCUT2D eigenvalue weighted by molar-refractivity contribution is 6.32. The topological polar surface area (TPSA) is 92.6 Å². The van der Waals surface area contributed by atoms with Crippen LogP contribution in [0, 0.1) is 10.1 Å². The molecule has 0 radical (unpaired) electrons. The van der Waals surface area contributed by atoms with Gasteiger partial charge in [-0.25, -0.2) is 0 Å². The number of nitrogens with zero attached hydrogens (tertiary/aromatic N) is 2. The molecule has 0 spiro atoms. The molecule has 2 aromatic carbocycles. The second-order valence-corrected chi connectivity index (χ2v) is 6.33. The van der Waals surface area contributed by atoms with Crippen LogP contribution in [0.5, 0.6) is 0 Å². The Hall–Kier alpha value is -2.93. The standard InChI is InChI=1S/C18H16ClN3O4/c19-15-8-5-13(10-16(15)22(25)26)18(24)20-11-12-3-6-14(7-4-12)21-9-1-2-17(21)23/h3-8,10H,1-2,9,11H2,(H,20,24). The van der Waals surface area contributed by atoms with Crippen LogP contribution in [0.3, 0.4) is 0 Å². The van der Waals surface area contributed by atoms with Crippen LogP contribution in [0.25, 0.3) is 0 Å². The Labute approximate surface area is 154 Å². The first kappa shape index (κ1) is 17.9. The van der Waals surface area contributed by atoms with E-state index in [0.717, 1.165) is 30.3 Å². The van der Waals surface area contributed by atoms with E-state index in [1.807, 2.05) is 24.3 Å².